The number of aromatic nitrogens is 1. The fraction of sp³-hybridized carbons (Fsp3) is 0.500. The average Bonchev–Trinajstić information content (AvgIpc) is 3.05. The second-order valence-corrected chi connectivity index (χ2v) is 7.69. The SMILES string of the molecule is COC12C[C@@H](CC(C#N)C(N)=O)CN(C)[C@@H]1Cc1c[nH]c3cccc2c13. The summed E-state index contributed by atoms with van der Waals surface area (Å²) in [6.45, 7) is 0.830. The molecule has 6 heteroatoms. The van der Waals surface area contributed by atoms with Crippen LogP contribution in [0.25, 0.3) is 10.9 Å². The van der Waals surface area contributed by atoms with E-state index in [9.17, 15) is 10.1 Å². The van der Waals surface area contributed by atoms with E-state index >= 15 is 0 Å². The van der Waals surface area contributed by atoms with Crippen molar-refractivity contribution in [2.24, 2.45) is 17.6 Å². The Hall–Kier alpha value is -2.36. The van der Waals surface area contributed by atoms with E-state index in [4.69, 9.17) is 10.5 Å². The smallest absolute Gasteiger partial charge is 0.234 e. The highest BCUT2D eigenvalue weighted by molar-refractivity contribution is 5.88. The molecule has 1 aliphatic carbocycles. The molecule has 4 rings (SSSR count). The molecule has 1 saturated heterocycles. The van der Waals surface area contributed by atoms with Crippen LogP contribution >= 0.6 is 0 Å². The van der Waals surface area contributed by atoms with E-state index in [1.807, 2.05) is 0 Å². The number of ether oxygens (including phenoxy) is 1. The number of rotatable bonds is 4. The third-order valence-corrected chi connectivity index (χ3v) is 6.30. The van der Waals surface area contributed by atoms with Crippen LogP contribution < -0.4 is 5.73 Å². The molecule has 4 atom stereocenters. The summed E-state index contributed by atoms with van der Waals surface area (Å²) in [7, 11) is 3.88. The topological polar surface area (TPSA) is 95.1 Å². The van der Waals surface area contributed by atoms with Gasteiger partial charge < -0.3 is 15.5 Å². The molecule has 2 heterocycles. The maximum absolute atomic E-state index is 11.6. The van der Waals surface area contributed by atoms with Crippen LogP contribution in [0.2, 0.25) is 0 Å². The Labute approximate surface area is 152 Å². The van der Waals surface area contributed by atoms with Crippen molar-refractivity contribution in [3.8, 4) is 6.07 Å². The lowest BCUT2D eigenvalue weighted by Crippen LogP contribution is -2.59. The Morgan fingerprint density at radius 3 is 3.08 bits per heavy atom. The molecule has 2 aliphatic rings. The van der Waals surface area contributed by atoms with Gasteiger partial charge in [-0.05, 0) is 49.4 Å². The van der Waals surface area contributed by atoms with E-state index in [0.29, 0.717) is 6.42 Å². The number of amides is 1. The van der Waals surface area contributed by atoms with Crippen molar-refractivity contribution in [3.05, 3.63) is 35.5 Å². The number of hydrogen-bond acceptors (Lipinski definition) is 4. The molecular weight excluding hydrogens is 328 g/mol. The van der Waals surface area contributed by atoms with Crippen LogP contribution in [0.5, 0.6) is 0 Å². The predicted molar refractivity (Wildman–Crippen MR) is 98.1 cm³/mol. The summed E-state index contributed by atoms with van der Waals surface area (Å²) in [6.07, 6.45) is 4.29. The van der Waals surface area contributed by atoms with Gasteiger partial charge in [-0.25, -0.2) is 0 Å². The molecular formula is C20H24N4O2. The van der Waals surface area contributed by atoms with Gasteiger partial charge in [-0.3, -0.25) is 9.69 Å². The summed E-state index contributed by atoms with van der Waals surface area (Å²) in [4.78, 5) is 17.2. The Morgan fingerprint density at radius 1 is 1.58 bits per heavy atom. The highest BCUT2D eigenvalue weighted by atomic mass is 16.5. The number of benzene rings is 1. The molecule has 0 spiro atoms. The molecule has 1 aromatic heterocycles. The van der Waals surface area contributed by atoms with Crippen molar-refractivity contribution in [2.75, 3.05) is 20.7 Å². The zero-order valence-electron chi connectivity index (χ0n) is 15.2. The highest BCUT2D eigenvalue weighted by Crippen LogP contribution is 2.50. The van der Waals surface area contributed by atoms with Crippen molar-refractivity contribution < 1.29 is 9.53 Å². The molecule has 1 amide bonds. The third kappa shape index (κ3) is 2.35. The minimum atomic E-state index is -0.749. The summed E-state index contributed by atoms with van der Waals surface area (Å²) < 4.78 is 6.22. The lowest BCUT2D eigenvalue weighted by Gasteiger charge is -2.53. The third-order valence-electron chi connectivity index (χ3n) is 6.30. The molecule has 136 valence electrons. The molecule has 2 aromatic rings. The minimum Gasteiger partial charge on any atom is -0.372 e. The van der Waals surface area contributed by atoms with Gasteiger partial charge in [0, 0.05) is 36.8 Å². The second-order valence-electron chi connectivity index (χ2n) is 7.69. The van der Waals surface area contributed by atoms with Crippen LogP contribution in [0.15, 0.2) is 24.4 Å². The van der Waals surface area contributed by atoms with Crippen molar-refractivity contribution in [3.63, 3.8) is 0 Å². The van der Waals surface area contributed by atoms with Gasteiger partial charge in [0.05, 0.1) is 6.07 Å². The van der Waals surface area contributed by atoms with Crippen LogP contribution in [-0.4, -0.2) is 42.5 Å². The number of primary amides is 1. The van der Waals surface area contributed by atoms with E-state index in [-0.39, 0.29) is 12.0 Å². The van der Waals surface area contributed by atoms with Gasteiger partial charge in [-0.15, -0.1) is 0 Å². The van der Waals surface area contributed by atoms with Gasteiger partial charge >= 0.3 is 0 Å². The molecule has 26 heavy (non-hydrogen) atoms. The molecule has 6 nitrogen and oxygen atoms in total. The minimum absolute atomic E-state index is 0.170. The number of carbonyl (C=O) groups is 1. The van der Waals surface area contributed by atoms with Crippen molar-refractivity contribution in [1.29, 1.82) is 5.26 Å². The van der Waals surface area contributed by atoms with Crippen molar-refractivity contribution in [2.45, 2.75) is 30.9 Å². The Morgan fingerprint density at radius 2 is 2.38 bits per heavy atom. The van der Waals surface area contributed by atoms with Gasteiger partial charge in [0.2, 0.25) is 5.91 Å². The number of nitrogens with zero attached hydrogens (tertiary/aromatic N) is 2. The van der Waals surface area contributed by atoms with Crippen LogP contribution in [-0.2, 0) is 21.6 Å². The van der Waals surface area contributed by atoms with Crippen molar-refractivity contribution >= 4 is 16.8 Å². The number of likely N-dealkylation sites (N-methyl/N-ethyl adjacent to an activating group) is 1. The standard InChI is InChI=1S/C20H24N4O2/c1-24-11-12(6-13(9-21)19(22)25)8-20(26-2)15-4-3-5-16-18(15)14(10-23-16)7-17(20)24/h3-5,10,12-13,17,23H,6-8,11H2,1-2H3,(H2,22,25)/t12-,13?,17-,20?/m1/s1. The monoisotopic (exact) mass is 352 g/mol. The molecule has 1 aliphatic heterocycles. The van der Waals surface area contributed by atoms with Gasteiger partial charge in [-0.1, -0.05) is 12.1 Å². The zero-order chi connectivity index (χ0) is 18.5. The molecule has 3 N–H and O–H groups in total. The van der Waals surface area contributed by atoms with E-state index in [1.54, 1.807) is 7.11 Å². The first kappa shape index (κ1) is 17.1. The summed E-state index contributed by atoms with van der Waals surface area (Å²) >= 11 is 0. The Kier molecular flexibility index (Phi) is 4.02. The Bertz CT molecular complexity index is 899. The molecule has 0 bridgehead atoms. The highest BCUT2D eigenvalue weighted by Gasteiger charge is 2.51. The number of nitriles is 1. The fourth-order valence-electron chi connectivity index (χ4n) is 5.16. The maximum Gasteiger partial charge on any atom is 0.234 e. The van der Waals surface area contributed by atoms with E-state index in [0.717, 1.165) is 24.9 Å². The zero-order valence-corrected chi connectivity index (χ0v) is 15.2. The van der Waals surface area contributed by atoms with Gasteiger partial charge in [-0.2, -0.15) is 5.26 Å². The number of fused-ring (bicyclic) bond motifs is 2. The first-order valence-corrected chi connectivity index (χ1v) is 9.04. The number of hydrogen-bond donors (Lipinski definition) is 2. The van der Waals surface area contributed by atoms with E-state index in [2.05, 4.69) is 47.4 Å². The number of piperidine rings is 1. The molecule has 0 saturated carbocycles. The van der Waals surface area contributed by atoms with Crippen LogP contribution in [0.3, 0.4) is 0 Å². The van der Waals surface area contributed by atoms with Crippen LogP contribution in [0.4, 0.5) is 0 Å². The Balaban J connectivity index is 1.77. The van der Waals surface area contributed by atoms with E-state index in [1.165, 1.54) is 16.5 Å². The number of likely N-dealkylation sites (tertiary alicyclic amines) is 1. The van der Waals surface area contributed by atoms with Gasteiger partial charge in [0.25, 0.3) is 0 Å². The van der Waals surface area contributed by atoms with Crippen molar-refractivity contribution in [1.82, 2.24) is 9.88 Å². The molecule has 2 unspecified atom stereocenters. The van der Waals surface area contributed by atoms with Crippen LogP contribution in [0, 0.1) is 23.2 Å². The number of nitrogens with one attached hydrogen (secondary N) is 1. The van der Waals surface area contributed by atoms with Gasteiger partial charge in [0.1, 0.15) is 11.5 Å². The maximum atomic E-state index is 11.6. The number of nitrogens with two attached hydrogens (primary N) is 1. The average molecular weight is 352 g/mol. The number of aromatic amines is 1. The summed E-state index contributed by atoms with van der Waals surface area (Å²) in [5.74, 6) is -1.12. The second kappa shape index (κ2) is 6.11. The molecule has 0 radical (unpaired) electrons. The lowest BCUT2D eigenvalue weighted by atomic mass is 9.67. The number of carbonyl (C=O) groups excluding carboxylic acids is 1. The summed E-state index contributed by atoms with van der Waals surface area (Å²) in [5.41, 5.74) is 8.61. The summed E-state index contributed by atoms with van der Waals surface area (Å²) in [6, 6.07) is 8.60. The molecule has 1 fully saturated rings. The van der Waals surface area contributed by atoms with Crippen LogP contribution in [0.1, 0.15) is 24.0 Å². The molecule has 1 aromatic carbocycles. The first-order chi connectivity index (χ1) is 12.5. The van der Waals surface area contributed by atoms with Gasteiger partial charge in [0.15, 0.2) is 0 Å². The predicted octanol–water partition coefficient (Wildman–Crippen LogP) is 1.90. The summed E-state index contributed by atoms with van der Waals surface area (Å²) in [5, 5.41) is 10.5. The lowest BCUT2D eigenvalue weighted by molar-refractivity contribution is -0.131. The largest absolute Gasteiger partial charge is 0.372 e. The fourth-order valence-corrected chi connectivity index (χ4v) is 5.16. The van der Waals surface area contributed by atoms with E-state index < -0.39 is 17.4 Å². The number of H-pyrrole nitrogens is 1. The normalized spacial score (nSPS) is 29.1. The number of methoxy groups -OCH3 is 1. The first-order valence-electron chi connectivity index (χ1n) is 9.04. The quantitative estimate of drug-likeness (QED) is 0.878.